The number of benzene rings is 1. The van der Waals surface area contributed by atoms with Crippen LogP contribution in [0.25, 0.3) is 11.2 Å². The van der Waals surface area contributed by atoms with Crippen molar-refractivity contribution in [3.05, 3.63) is 58.1 Å². The molecule has 1 fully saturated rings. The molecule has 0 spiro atoms. The Balaban J connectivity index is 0.00000196. The molecule has 1 aliphatic rings. The molecule has 4 rings (SSSR count). The smallest absolute Gasteiger partial charge is 0.269 e. The molecule has 2 aromatic heterocycles. The Labute approximate surface area is 159 Å². The van der Waals surface area contributed by atoms with E-state index in [-0.39, 0.29) is 22.7 Å². The molecule has 0 unspecified atom stereocenters. The average molecular weight is 419 g/mol. The number of nitro groups is 1. The molecule has 0 radical (unpaired) electrons. The third-order valence-corrected chi connectivity index (χ3v) is 4.82. The van der Waals surface area contributed by atoms with Crippen molar-refractivity contribution in [3.8, 4) is 0 Å². The SMILES string of the molecule is Br.N=c1c2ncn(C3CCCC3)c2ncn1Cc1ccc([N+](=O)[O-])cc1. The van der Waals surface area contributed by atoms with Gasteiger partial charge in [0.05, 0.1) is 24.1 Å². The van der Waals surface area contributed by atoms with Gasteiger partial charge in [-0.25, -0.2) is 9.97 Å². The highest BCUT2D eigenvalue weighted by molar-refractivity contribution is 8.93. The molecular formula is C17H19BrN6O2. The summed E-state index contributed by atoms with van der Waals surface area (Å²) in [6.45, 7) is 0.427. The number of aromatic nitrogens is 4. The number of imidazole rings is 1. The van der Waals surface area contributed by atoms with Crippen LogP contribution in [0.15, 0.2) is 36.9 Å². The van der Waals surface area contributed by atoms with Gasteiger partial charge in [0, 0.05) is 18.2 Å². The molecular weight excluding hydrogens is 400 g/mol. The van der Waals surface area contributed by atoms with E-state index in [2.05, 4.69) is 14.5 Å². The Hall–Kier alpha value is -2.55. The monoisotopic (exact) mass is 418 g/mol. The molecule has 9 heteroatoms. The number of non-ortho nitro benzene ring substituents is 1. The highest BCUT2D eigenvalue weighted by Crippen LogP contribution is 2.30. The van der Waals surface area contributed by atoms with E-state index in [9.17, 15) is 10.1 Å². The predicted molar refractivity (Wildman–Crippen MR) is 101 cm³/mol. The van der Waals surface area contributed by atoms with E-state index in [1.165, 1.54) is 25.0 Å². The molecule has 0 amide bonds. The van der Waals surface area contributed by atoms with E-state index in [0.717, 1.165) is 24.1 Å². The van der Waals surface area contributed by atoms with Gasteiger partial charge in [0.2, 0.25) is 0 Å². The van der Waals surface area contributed by atoms with Gasteiger partial charge in [-0.1, -0.05) is 25.0 Å². The highest BCUT2D eigenvalue weighted by Gasteiger charge is 2.20. The van der Waals surface area contributed by atoms with E-state index >= 15 is 0 Å². The van der Waals surface area contributed by atoms with Crippen molar-refractivity contribution in [1.82, 2.24) is 19.1 Å². The van der Waals surface area contributed by atoms with Gasteiger partial charge in [-0.15, -0.1) is 17.0 Å². The number of rotatable bonds is 4. The molecule has 0 saturated heterocycles. The van der Waals surface area contributed by atoms with Gasteiger partial charge in [0.1, 0.15) is 5.52 Å². The molecule has 3 aromatic rings. The van der Waals surface area contributed by atoms with Gasteiger partial charge < -0.3 is 9.13 Å². The van der Waals surface area contributed by atoms with Crippen molar-refractivity contribution in [2.75, 3.05) is 0 Å². The fourth-order valence-electron chi connectivity index (χ4n) is 3.46. The van der Waals surface area contributed by atoms with Crippen molar-refractivity contribution < 1.29 is 4.92 Å². The summed E-state index contributed by atoms with van der Waals surface area (Å²) in [7, 11) is 0. The lowest BCUT2D eigenvalue weighted by atomic mass is 10.2. The van der Waals surface area contributed by atoms with Crippen LogP contribution in [0.4, 0.5) is 5.69 Å². The van der Waals surface area contributed by atoms with Crippen LogP contribution in [0.3, 0.4) is 0 Å². The van der Waals surface area contributed by atoms with Gasteiger partial charge in [0.25, 0.3) is 5.69 Å². The van der Waals surface area contributed by atoms with E-state index in [1.54, 1.807) is 29.4 Å². The Kier molecular flexibility index (Phi) is 5.17. The van der Waals surface area contributed by atoms with Crippen LogP contribution in [0, 0.1) is 15.5 Å². The van der Waals surface area contributed by atoms with Gasteiger partial charge in [-0.3, -0.25) is 15.5 Å². The molecule has 1 N–H and O–H groups in total. The number of nitro benzene ring substituents is 1. The summed E-state index contributed by atoms with van der Waals surface area (Å²) < 4.78 is 3.80. The largest absolute Gasteiger partial charge is 0.312 e. The minimum atomic E-state index is -0.421. The van der Waals surface area contributed by atoms with Gasteiger partial charge >= 0.3 is 0 Å². The van der Waals surface area contributed by atoms with E-state index in [0.29, 0.717) is 23.6 Å². The van der Waals surface area contributed by atoms with E-state index in [4.69, 9.17) is 5.41 Å². The maximum atomic E-state index is 10.7. The van der Waals surface area contributed by atoms with Crippen molar-refractivity contribution in [2.24, 2.45) is 0 Å². The van der Waals surface area contributed by atoms with Crippen LogP contribution in [0.2, 0.25) is 0 Å². The minimum absolute atomic E-state index is 0. The summed E-state index contributed by atoms with van der Waals surface area (Å²) in [6, 6.07) is 6.78. The lowest BCUT2D eigenvalue weighted by Gasteiger charge is -2.12. The van der Waals surface area contributed by atoms with Crippen LogP contribution in [0.5, 0.6) is 0 Å². The molecule has 136 valence electrons. The first kappa shape index (κ1) is 18.2. The second kappa shape index (κ2) is 7.36. The average Bonchev–Trinajstić information content (AvgIpc) is 3.27. The Morgan fingerprint density at radius 2 is 1.85 bits per heavy atom. The van der Waals surface area contributed by atoms with Gasteiger partial charge in [-0.05, 0) is 18.4 Å². The molecule has 8 nitrogen and oxygen atoms in total. The molecule has 0 bridgehead atoms. The van der Waals surface area contributed by atoms with E-state index in [1.807, 2.05) is 0 Å². The summed E-state index contributed by atoms with van der Waals surface area (Å²) in [5.74, 6) is 0. The van der Waals surface area contributed by atoms with Crippen molar-refractivity contribution in [1.29, 1.82) is 5.41 Å². The molecule has 1 aromatic carbocycles. The molecule has 0 aliphatic heterocycles. The minimum Gasteiger partial charge on any atom is -0.312 e. The Morgan fingerprint density at radius 1 is 1.15 bits per heavy atom. The van der Waals surface area contributed by atoms with Gasteiger partial charge in [-0.2, -0.15) is 0 Å². The number of nitrogens with one attached hydrogen (secondary N) is 1. The van der Waals surface area contributed by atoms with Crippen LogP contribution >= 0.6 is 17.0 Å². The summed E-state index contributed by atoms with van der Waals surface area (Å²) in [6.07, 6.45) is 8.17. The highest BCUT2D eigenvalue weighted by atomic mass is 79.9. The zero-order valence-electron chi connectivity index (χ0n) is 14.0. The summed E-state index contributed by atoms with van der Waals surface area (Å²) in [4.78, 5) is 19.2. The number of nitrogens with zero attached hydrogens (tertiary/aromatic N) is 5. The van der Waals surface area contributed by atoms with Gasteiger partial charge in [0.15, 0.2) is 11.1 Å². The van der Waals surface area contributed by atoms with Crippen LogP contribution in [0.1, 0.15) is 37.3 Å². The van der Waals surface area contributed by atoms with Crippen LogP contribution in [-0.4, -0.2) is 24.0 Å². The normalized spacial score (nSPS) is 14.5. The van der Waals surface area contributed by atoms with Crippen LogP contribution < -0.4 is 5.49 Å². The first-order valence-electron chi connectivity index (χ1n) is 8.33. The zero-order valence-corrected chi connectivity index (χ0v) is 15.8. The zero-order chi connectivity index (χ0) is 17.4. The van der Waals surface area contributed by atoms with Crippen molar-refractivity contribution in [3.63, 3.8) is 0 Å². The number of halogens is 1. The maximum Gasteiger partial charge on any atom is 0.269 e. The number of hydrogen-bond donors (Lipinski definition) is 1. The molecule has 2 heterocycles. The number of hydrogen-bond acceptors (Lipinski definition) is 5. The Morgan fingerprint density at radius 3 is 2.50 bits per heavy atom. The summed E-state index contributed by atoms with van der Waals surface area (Å²) >= 11 is 0. The maximum absolute atomic E-state index is 10.7. The molecule has 1 saturated carbocycles. The van der Waals surface area contributed by atoms with E-state index < -0.39 is 4.92 Å². The molecule has 0 atom stereocenters. The molecule has 1 aliphatic carbocycles. The summed E-state index contributed by atoms with van der Waals surface area (Å²) in [5.41, 5.74) is 2.59. The second-order valence-electron chi connectivity index (χ2n) is 6.41. The van der Waals surface area contributed by atoms with Crippen LogP contribution in [-0.2, 0) is 6.54 Å². The fourth-order valence-corrected chi connectivity index (χ4v) is 3.46. The number of fused-ring (bicyclic) bond motifs is 1. The van der Waals surface area contributed by atoms with Crippen molar-refractivity contribution >= 4 is 33.8 Å². The lowest BCUT2D eigenvalue weighted by Crippen LogP contribution is -2.22. The first-order valence-corrected chi connectivity index (χ1v) is 8.33. The Bertz CT molecular complexity index is 989. The fraction of sp³-hybridized carbons (Fsp3) is 0.353. The first-order chi connectivity index (χ1) is 12.1. The lowest BCUT2D eigenvalue weighted by molar-refractivity contribution is -0.384. The third-order valence-electron chi connectivity index (χ3n) is 4.82. The second-order valence-corrected chi connectivity index (χ2v) is 6.41. The summed E-state index contributed by atoms with van der Waals surface area (Å²) in [5, 5.41) is 19.2. The standard InChI is InChI=1S/C17H18N6O2.BrH/c18-16-15-17(22(11-19-15)13-3-1-2-4-13)20-10-21(16)9-12-5-7-14(8-6-12)23(24)25;/h5-8,10-11,13,18H,1-4,9H2;1H. The predicted octanol–water partition coefficient (Wildman–Crippen LogP) is 3.36. The topological polar surface area (TPSA) is 103 Å². The quantitative estimate of drug-likeness (QED) is 0.517. The van der Waals surface area contributed by atoms with Crippen molar-refractivity contribution in [2.45, 2.75) is 38.3 Å². The molecule has 26 heavy (non-hydrogen) atoms. The third kappa shape index (κ3) is 3.26.